The summed E-state index contributed by atoms with van der Waals surface area (Å²) in [6, 6.07) is 0. The van der Waals surface area contributed by atoms with Crippen LogP contribution in [0, 0.1) is 0 Å². The number of hydrogen-bond donors (Lipinski definition) is 0. The van der Waals surface area contributed by atoms with E-state index in [1.165, 1.54) is 17.7 Å². The van der Waals surface area contributed by atoms with E-state index in [1.54, 1.807) is 6.33 Å². The van der Waals surface area contributed by atoms with Crippen LogP contribution in [0.5, 0.6) is 0 Å². The number of rotatable bonds is 5. The highest BCUT2D eigenvalue weighted by molar-refractivity contribution is 6.18. The van der Waals surface area contributed by atoms with Gasteiger partial charge in [0, 0.05) is 30.2 Å². The molecule has 0 saturated heterocycles. The fourth-order valence-corrected chi connectivity index (χ4v) is 2.51. The predicted octanol–water partition coefficient (Wildman–Crippen LogP) is 2.42. The molecule has 1 aliphatic rings. The summed E-state index contributed by atoms with van der Waals surface area (Å²) in [4.78, 5) is 11.1. The molecule has 0 fully saturated rings. The first-order valence-electron chi connectivity index (χ1n) is 6.00. The van der Waals surface area contributed by atoms with E-state index in [0.717, 1.165) is 38.2 Å². The molecule has 16 heavy (non-hydrogen) atoms. The van der Waals surface area contributed by atoms with Gasteiger partial charge in [-0.25, -0.2) is 9.97 Å². The SMILES string of the molecule is CCCN(CCCl)c1ncnc2c1CCC2. The van der Waals surface area contributed by atoms with Crippen LogP contribution in [0.2, 0.25) is 0 Å². The van der Waals surface area contributed by atoms with Crippen molar-refractivity contribution < 1.29 is 0 Å². The van der Waals surface area contributed by atoms with Gasteiger partial charge in [0.25, 0.3) is 0 Å². The standard InChI is InChI=1S/C12H18ClN3/c1-2-7-16(8-6-13)12-10-4-3-5-11(10)14-9-15-12/h9H,2-8H2,1H3. The zero-order chi connectivity index (χ0) is 11.4. The van der Waals surface area contributed by atoms with Crippen molar-refractivity contribution in [1.82, 2.24) is 9.97 Å². The summed E-state index contributed by atoms with van der Waals surface area (Å²) < 4.78 is 0. The van der Waals surface area contributed by atoms with Gasteiger partial charge in [-0.3, -0.25) is 0 Å². The summed E-state index contributed by atoms with van der Waals surface area (Å²) in [5.41, 5.74) is 2.58. The minimum absolute atomic E-state index is 0.652. The molecule has 0 radical (unpaired) electrons. The van der Waals surface area contributed by atoms with Crippen LogP contribution in [0.3, 0.4) is 0 Å². The molecule has 3 nitrogen and oxygen atoms in total. The Kier molecular flexibility index (Phi) is 3.99. The molecule has 1 aromatic rings. The number of hydrogen-bond acceptors (Lipinski definition) is 3. The molecule has 2 rings (SSSR count). The number of aromatic nitrogens is 2. The van der Waals surface area contributed by atoms with Gasteiger partial charge in [-0.2, -0.15) is 0 Å². The van der Waals surface area contributed by atoms with Crippen molar-refractivity contribution in [2.24, 2.45) is 0 Å². The van der Waals surface area contributed by atoms with Crippen LogP contribution in [-0.4, -0.2) is 28.9 Å². The summed E-state index contributed by atoms with van der Waals surface area (Å²) in [7, 11) is 0. The number of alkyl halides is 1. The molecule has 0 bridgehead atoms. The molecule has 0 aliphatic heterocycles. The fraction of sp³-hybridized carbons (Fsp3) is 0.667. The van der Waals surface area contributed by atoms with Crippen LogP contribution in [-0.2, 0) is 12.8 Å². The van der Waals surface area contributed by atoms with Gasteiger partial charge >= 0.3 is 0 Å². The monoisotopic (exact) mass is 239 g/mol. The van der Waals surface area contributed by atoms with Crippen molar-refractivity contribution >= 4 is 17.4 Å². The quantitative estimate of drug-likeness (QED) is 0.739. The van der Waals surface area contributed by atoms with Gasteiger partial charge in [0.05, 0.1) is 0 Å². The highest BCUT2D eigenvalue weighted by Crippen LogP contribution is 2.27. The van der Waals surface area contributed by atoms with E-state index in [-0.39, 0.29) is 0 Å². The molecular formula is C12H18ClN3. The van der Waals surface area contributed by atoms with Crippen LogP contribution in [0.4, 0.5) is 5.82 Å². The van der Waals surface area contributed by atoms with E-state index in [1.807, 2.05) is 0 Å². The summed E-state index contributed by atoms with van der Waals surface area (Å²) in [6.45, 7) is 4.08. The van der Waals surface area contributed by atoms with Crippen LogP contribution in [0.1, 0.15) is 31.0 Å². The summed E-state index contributed by atoms with van der Waals surface area (Å²) >= 11 is 5.85. The molecule has 0 saturated carbocycles. The van der Waals surface area contributed by atoms with Gasteiger partial charge in [-0.05, 0) is 25.7 Å². The Balaban J connectivity index is 2.26. The third-order valence-electron chi connectivity index (χ3n) is 3.00. The Morgan fingerprint density at radius 3 is 2.94 bits per heavy atom. The Bertz CT molecular complexity index is 348. The maximum Gasteiger partial charge on any atom is 0.135 e. The first-order valence-corrected chi connectivity index (χ1v) is 6.54. The molecule has 1 aromatic heterocycles. The molecular weight excluding hydrogens is 222 g/mol. The second-order valence-electron chi connectivity index (χ2n) is 4.15. The van der Waals surface area contributed by atoms with Gasteiger partial charge in [0.15, 0.2) is 0 Å². The Morgan fingerprint density at radius 1 is 1.31 bits per heavy atom. The smallest absolute Gasteiger partial charge is 0.135 e. The van der Waals surface area contributed by atoms with Gasteiger partial charge in [0.2, 0.25) is 0 Å². The number of aryl methyl sites for hydroxylation is 1. The average molecular weight is 240 g/mol. The highest BCUT2D eigenvalue weighted by atomic mass is 35.5. The Labute approximate surface area is 102 Å². The van der Waals surface area contributed by atoms with Gasteiger partial charge in [0.1, 0.15) is 12.1 Å². The molecule has 1 heterocycles. The van der Waals surface area contributed by atoms with Crippen LogP contribution in [0.25, 0.3) is 0 Å². The zero-order valence-corrected chi connectivity index (χ0v) is 10.5. The lowest BCUT2D eigenvalue weighted by atomic mass is 10.2. The van der Waals surface area contributed by atoms with Gasteiger partial charge in [-0.15, -0.1) is 11.6 Å². The van der Waals surface area contributed by atoms with Crippen molar-refractivity contribution in [3.8, 4) is 0 Å². The Morgan fingerprint density at radius 2 is 2.19 bits per heavy atom. The van der Waals surface area contributed by atoms with Crippen molar-refractivity contribution in [1.29, 1.82) is 0 Å². The minimum atomic E-state index is 0.652. The summed E-state index contributed by atoms with van der Waals surface area (Å²) in [5.74, 6) is 1.77. The summed E-state index contributed by atoms with van der Waals surface area (Å²) in [6.07, 6.45) is 6.24. The maximum absolute atomic E-state index is 5.85. The maximum atomic E-state index is 5.85. The number of halogens is 1. The van der Waals surface area contributed by atoms with E-state index in [2.05, 4.69) is 21.8 Å². The van der Waals surface area contributed by atoms with E-state index in [0.29, 0.717) is 5.88 Å². The molecule has 0 amide bonds. The number of nitrogens with zero attached hydrogens (tertiary/aromatic N) is 3. The first-order chi connectivity index (χ1) is 7.86. The number of fused-ring (bicyclic) bond motifs is 1. The van der Waals surface area contributed by atoms with E-state index >= 15 is 0 Å². The van der Waals surface area contributed by atoms with E-state index in [4.69, 9.17) is 11.6 Å². The normalized spacial score (nSPS) is 13.9. The minimum Gasteiger partial charge on any atom is -0.355 e. The molecule has 0 N–H and O–H groups in total. The molecule has 0 spiro atoms. The molecule has 0 atom stereocenters. The zero-order valence-electron chi connectivity index (χ0n) is 9.75. The molecule has 88 valence electrons. The first kappa shape index (κ1) is 11.6. The van der Waals surface area contributed by atoms with Crippen molar-refractivity contribution in [3.63, 3.8) is 0 Å². The fourth-order valence-electron chi connectivity index (χ4n) is 2.31. The Hall–Kier alpha value is -0.830. The molecule has 0 unspecified atom stereocenters. The van der Waals surface area contributed by atoms with Gasteiger partial charge in [-0.1, -0.05) is 6.92 Å². The lowest BCUT2D eigenvalue weighted by Crippen LogP contribution is -2.28. The van der Waals surface area contributed by atoms with E-state index < -0.39 is 0 Å². The van der Waals surface area contributed by atoms with Crippen LogP contribution in [0.15, 0.2) is 6.33 Å². The van der Waals surface area contributed by atoms with E-state index in [9.17, 15) is 0 Å². The number of anilines is 1. The van der Waals surface area contributed by atoms with Crippen LogP contribution >= 0.6 is 11.6 Å². The van der Waals surface area contributed by atoms with Crippen molar-refractivity contribution in [3.05, 3.63) is 17.6 Å². The molecule has 1 aliphatic carbocycles. The van der Waals surface area contributed by atoms with Gasteiger partial charge < -0.3 is 4.90 Å². The lowest BCUT2D eigenvalue weighted by molar-refractivity contribution is 0.771. The predicted molar refractivity (Wildman–Crippen MR) is 67.3 cm³/mol. The largest absolute Gasteiger partial charge is 0.355 e. The molecule has 4 heteroatoms. The lowest BCUT2D eigenvalue weighted by Gasteiger charge is -2.24. The third kappa shape index (κ3) is 2.29. The second kappa shape index (κ2) is 5.48. The molecule has 0 aromatic carbocycles. The van der Waals surface area contributed by atoms with Crippen molar-refractivity contribution in [2.45, 2.75) is 32.6 Å². The second-order valence-corrected chi connectivity index (χ2v) is 4.53. The summed E-state index contributed by atoms with van der Waals surface area (Å²) in [5, 5.41) is 0. The topological polar surface area (TPSA) is 29.0 Å². The van der Waals surface area contributed by atoms with Crippen molar-refractivity contribution in [2.75, 3.05) is 23.9 Å². The third-order valence-corrected chi connectivity index (χ3v) is 3.17. The average Bonchev–Trinajstić information content (AvgIpc) is 2.76. The highest BCUT2D eigenvalue weighted by Gasteiger charge is 2.20. The van der Waals surface area contributed by atoms with Crippen LogP contribution < -0.4 is 4.90 Å².